The number of nitrogens with two attached hydrogens (primary N) is 1. The molecule has 1 atom stereocenters. The number of anilines is 1. The molecule has 0 radical (unpaired) electrons. The first-order chi connectivity index (χ1) is 14.3. The number of nitrogen functional groups attached to an aromatic ring is 1. The Hall–Kier alpha value is -3.40. The Bertz CT molecular complexity index is 1190. The van der Waals surface area contributed by atoms with Crippen molar-refractivity contribution in [2.24, 2.45) is 0 Å². The average molecular weight is 382 g/mol. The molecule has 4 nitrogen and oxygen atoms in total. The summed E-state index contributed by atoms with van der Waals surface area (Å²) in [7, 11) is 0. The number of unbranched alkanes of at least 4 members (excludes halogenated alkanes) is 1. The highest BCUT2D eigenvalue weighted by atomic mass is 16.5. The lowest BCUT2D eigenvalue weighted by Crippen LogP contribution is -2.39. The fourth-order valence-corrected chi connectivity index (χ4v) is 4.27. The van der Waals surface area contributed by atoms with E-state index in [1.165, 1.54) is 16.3 Å². The third-order valence-electron chi connectivity index (χ3n) is 5.73. The van der Waals surface area contributed by atoms with Gasteiger partial charge in [-0.3, -0.25) is 0 Å². The van der Waals surface area contributed by atoms with Gasteiger partial charge in [-0.2, -0.15) is 0 Å². The molecule has 0 amide bonds. The van der Waals surface area contributed by atoms with Crippen molar-refractivity contribution in [1.29, 1.82) is 0 Å². The van der Waals surface area contributed by atoms with Crippen LogP contribution in [0.15, 0.2) is 73.1 Å². The molecule has 2 heterocycles. The van der Waals surface area contributed by atoms with Gasteiger partial charge in [0.15, 0.2) is 0 Å². The monoisotopic (exact) mass is 382 g/mol. The second kappa shape index (κ2) is 7.21. The van der Waals surface area contributed by atoms with E-state index in [4.69, 9.17) is 10.5 Å². The van der Waals surface area contributed by atoms with Gasteiger partial charge in [0.25, 0.3) is 0 Å². The number of hydrogen-bond donors (Lipinski definition) is 1. The molecule has 4 heteroatoms. The van der Waals surface area contributed by atoms with Crippen molar-refractivity contribution in [3.63, 3.8) is 0 Å². The fraction of sp³-hybridized carbons (Fsp3) is 0.200. The molecule has 5 rings (SSSR count). The number of aromatic nitrogens is 2. The highest BCUT2D eigenvalue weighted by Crippen LogP contribution is 2.50. The van der Waals surface area contributed by atoms with Crippen LogP contribution in [-0.4, -0.2) is 4.98 Å². The Balaban J connectivity index is 1.80. The summed E-state index contributed by atoms with van der Waals surface area (Å²) < 4.78 is 8.33. The molecule has 0 unspecified atom stereocenters. The normalized spacial score (nSPS) is 14.9. The summed E-state index contributed by atoms with van der Waals surface area (Å²) >= 11 is 0. The average Bonchev–Trinajstić information content (AvgIpc) is 2.78. The predicted molar refractivity (Wildman–Crippen MR) is 115 cm³/mol. The molecule has 1 aromatic heterocycles. The van der Waals surface area contributed by atoms with Crippen LogP contribution in [0.25, 0.3) is 10.8 Å². The first-order valence-electron chi connectivity index (χ1n) is 10.2. The fourth-order valence-electron chi connectivity index (χ4n) is 4.27. The summed E-state index contributed by atoms with van der Waals surface area (Å²) in [4.78, 5) is 4.65. The highest BCUT2D eigenvalue weighted by Gasteiger charge is 2.37. The minimum atomic E-state index is -0.0253. The maximum atomic E-state index is 6.72. The SMILES string of the molecule is CCCC[n+]1cnc2c(c1N)[C@@H](c1ccccc1)c1c(ccc3ccccc13)O2. The minimum absolute atomic E-state index is 0.0253. The van der Waals surface area contributed by atoms with Crippen molar-refractivity contribution in [3.8, 4) is 11.6 Å². The number of benzene rings is 3. The number of aryl methyl sites for hydroxylation is 1. The van der Waals surface area contributed by atoms with Crippen LogP contribution in [0.2, 0.25) is 0 Å². The first kappa shape index (κ1) is 17.7. The largest absolute Gasteiger partial charge is 0.426 e. The number of rotatable bonds is 4. The van der Waals surface area contributed by atoms with E-state index in [2.05, 4.69) is 71.1 Å². The molecule has 0 saturated carbocycles. The highest BCUT2D eigenvalue weighted by molar-refractivity contribution is 5.90. The van der Waals surface area contributed by atoms with Crippen molar-refractivity contribution in [1.82, 2.24) is 4.98 Å². The maximum Gasteiger partial charge on any atom is 0.306 e. The van der Waals surface area contributed by atoms with E-state index >= 15 is 0 Å². The van der Waals surface area contributed by atoms with Gasteiger partial charge in [-0.05, 0) is 28.8 Å². The Labute approximate surface area is 170 Å². The molecule has 1 aliphatic heterocycles. The van der Waals surface area contributed by atoms with Crippen LogP contribution in [0.5, 0.6) is 11.6 Å². The van der Waals surface area contributed by atoms with Crippen LogP contribution in [0.3, 0.4) is 0 Å². The zero-order chi connectivity index (χ0) is 19.8. The third-order valence-corrected chi connectivity index (χ3v) is 5.73. The Kier molecular flexibility index (Phi) is 4.39. The van der Waals surface area contributed by atoms with E-state index in [1.807, 2.05) is 12.1 Å². The van der Waals surface area contributed by atoms with Crippen molar-refractivity contribution < 1.29 is 9.30 Å². The van der Waals surface area contributed by atoms with E-state index in [9.17, 15) is 0 Å². The molecule has 0 fully saturated rings. The standard InChI is InChI=1S/C25H23N3O/c1-2-3-15-28-16-27-25-23(24(28)26)21(18-10-5-4-6-11-18)22-19-12-8-7-9-17(19)13-14-20(22)29-25/h4-14,16,21,26H,2-3,15H2,1H3/p+1/t21-/m0/s1. The van der Waals surface area contributed by atoms with Crippen molar-refractivity contribution >= 4 is 16.6 Å². The Morgan fingerprint density at radius 1 is 0.966 bits per heavy atom. The van der Waals surface area contributed by atoms with Gasteiger partial charge in [-0.1, -0.05) is 79.0 Å². The molecule has 1 aliphatic rings. The van der Waals surface area contributed by atoms with Gasteiger partial charge in [0.05, 0.1) is 12.5 Å². The summed E-state index contributed by atoms with van der Waals surface area (Å²) in [5.74, 6) is 2.16. The van der Waals surface area contributed by atoms with E-state index in [-0.39, 0.29) is 5.92 Å². The van der Waals surface area contributed by atoms with Gasteiger partial charge < -0.3 is 10.5 Å². The quantitative estimate of drug-likeness (QED) is 0.435. The van der Waals surface area contributed by atoms with E-state index in [0.717, 1.165) is 42.1 Å². The van der Waals surface area contributed by atoms with Gasteiger partial charge in [0.1, 0.15) is 11.3 Å². The summed E-state index contributed by atoms with van der Waals surface area (Å²) in [6.07, 6.45) is 3.97. The van der Waals surface area contributed by atoms with E-state index < -0.39 is 0 Å². The smallest absolute Gasteiger partial charge is 0.306 e. The second-order valence-electron chi connectivity index (χ2n) is 7.54. The van der Waals surface area contributed by atoms with Gasteiger partial charge in [0.2, 0.25) is 12.1 Å². The molecule has 2 N–H and O–H groups in total. The predicted octanol–water partition coefficient (Wildman–Crippen LogP) is 5.19. The van der Waals surface area contributed by atoms with Crippen LogP contribution in [-0.2, 0) is 6.54 Å². The molecule has 29 heavy (non-hydrogen) atoms. The van der Waals surface area contributed by atoms with Crippen LogP contribution in [0, 0.1) is 0 Å². The van der Waals surface area contributed by atoms with Gasteiger partial charge in [-0.15, -0.1) is 0 Å². The Morgan fingerprint density at radius 3 is 2.59 bits per heavy atom. The zero-order valence-corrected chi connectivity index (χ0v) is 16.5. The molecule has 0 bridgehead atoms. The topological polar surface area (TPSA) is 52.0 Å². The molecular formula is C25H24N3O+. The molecule has 3 aromatic carbocycles. The number of ether oxygens (including phenoxy) is 1. The lowest BCUT2D eigenvalue weighted by molar-refractivity contribution is -0.686. The molecule has 0 spiro atoms. The Morgan fingerprint density at radius 2 is 1.76 bits per heavy atom. The maximum absolute atomic E-state index is 6.72. The van der Waals surface area contributed by atoms with Crippen molar-refractivity contribution in [2.75, 3.05) is 5.73 Å². The van der Waals surface area contributed by atoms with Crippen molar-refractivity contribution in [3.05, 3.63) is 89.7 Å². The molecular weight excluding hydrogens is 358 g/mol. The lowest BCUT2D eigenvalue weighted by Gasteiger charge is -2.28. The number of fused-ring (bicyclic) bond motifs is 4. The lowest BCUT2D eigenvalue weighted by atomic mass is 9.81. The summed E-state index contributed by atoms with van der Waals surface area (Å²) in [6, 6.07) is 23.1. The third kappa shape index (κ3) is 2.92. The summed E-state index contributed by atoms with van der Waals surface area (Å²) in [6.45, 7) is 3.04. The van der Waals surface area contributed by atoms with Gasteiger partial charge >= 0.3 is 5.88 Å². The van der Waals surface area contributed by atoms with E-state index in [1.54, 1.807) is 6.33 Å². The van der Waals surface area contributed by atoms with Gasteiger partial charge in [-0.25, -0.2) is 4.57 Å². The zero-order valence-electron chi connectivity index (χ0n) is 16.5. The van der Waals surface area contributed by atoms with Crippen LogP contribution >= 0.6 is 0 Å². The molecule has 0 aliphatic carbocycles. The van der Waals surface area contributed by atoms with Crippen LogP contribution < -0.4 is 15.0 Å². The number of nitrogens with zero attached hydrogens (tertiary/aromatic N) is 2. The van der Waals surface area contributed by atoms with Crippen LogP contribution in [0.1, 0.15) is 42.4 Å². The molecule has 4 aromatic rings. The summed E-state index contributed by atoms with van der Waals surface area (Å²) in [5, 5.41) is 2.38. The number of hydrogen-bond acceptors (Lipinski definition) is 3. The minimum Gasteiger partial charge on any atom is -0.426 e. The van der Waals surface area contributed by atoms with Crippen LogP contribution in [0.4, 0.5) is 5.82 Å². The van der Waals surface area contributed by atoms with Gasteiger partial charge in [0, 0.05) is 5.56 Å². The second-order valence-corrected chi connectivity index (χ2v) is 7.54. The molecule has 0 saturated heterocycles. The molecule has 144 valence electrons. The summed E-state index contributed by atoms with van der Waals surface area (Å²) in [5.41, 5.74) is 10.0. The first-order valence-corrected chi connectivity index (χ1v) is 10.2. The van der Waals surface area contributed by atoms with E-state index in [0.29, 0.717) is 5.88 Å². The van der Waals surface area contributed by atoms with Crippen molar-refractivity contribution in [2.45, 2.75) is 32.2 Å².